The smallest absolute Gasteiger partial charge is 0.326 e. The van der Waals surface area contributed by atoms with Gasteiger partial charge in [-0.3, -0.25) is 14.6 Å². The lowest BCUT2D eigenvalue weighted by Gasteiger charge is -2.38. The van der Waals surface area contributed by atoms with Gasteiger partial charge in [0.15, 0.2) is 5.96 Å². The number of benzene rings is 2. The number of carbonyl (C=O) groups excluding carboxylic acids is 4. The number of hydrogen-bond donors (Lipinski definition) is 6. The van der Waals surface area contributed by atoms with Crippen molar-refractivity contribution in [3.05, 3.63) is 71.8 Å². The van der Waals surface area contributed by atoms with Crippen LogP contribution in [0.3, 0.4) is 0 Å². The van der Waals surface area contributed by atoms with Crippen LogP contribution in [0.2, 0.25) is 0 Å². The molecule has 0 radical (unpaired) electrons. The number of aldehydes is 1. The van der Waals surface area contributed by atoms with Gasteiger partial charge in [0.1, 0.15) is 24.4 Å². The van der Waals surface area contributed by atoms with Gasteiger partial charge in [0.05, 0.1) is 6.04 Å². The molecule has 2 aromatic carbocycles. The van der Waals surface area contributed by atoms with Gasteiger partial charge < -0.3 is 42.6 Å². The fourth-order valence-corrected chi connectivity index (χ4v) is 4.71. The molecule has 43 heavy (non-hydrogen) atoms. The standard InChI is InChI=1S/C30H41N7O6/c1-19(2)25(26(31)39)37(22(18-38)16-20-10-5-3-6-11-20)27(40)23(14-9-15-34-29(32)33)35-30(43)36-24(28(41)42)17-21-12-7-4-8-13-21/h3-8,10-13,18-19,22-25H,9,14-17H2,1-2H3,(H2,31,39)(H,41,42)(H4,32,33,34)(H2,35,36,43)/t22-,23-,24?,25-/m0/s1. The van der Waals surface area contributed by atoms with Crippen LogP contribution in [-0.2, 0) is 32.0 Å². The molecule has 232 valence electrons. The van der Waals surface area contributed by atoms with Crippen LogP contribution in [0, 0.1) is 5.92 Å². The molecule has 4 atom stereocenters. The number of carboxylic acids is 1. The summed E-state index contributed by atoms with van der Waals surface area (Å²) in [4.78, 5) is 69.3. The van der Waals surface area contributed by atoms with E-state index < -0.39 is 53.9 Å². The molecule has 1 unspecified atom stereocenters. The van der Waals surface area contributed by atoms with Gasteiger partial charge in [-0.2, -0.15) is 0 Å². The molecule has 4 amide bonds. The zero-order valence-electron chi connectivity index (χ0n) is 24.4. The summed E-state index contributed by atoms with van der Waals surface area (Å²) in [7, 11) is 0. The summed E-state index contributed by atoms with van der Waals surface area (Å²) in [6.07, 6.45) is 0.913. The molecule has 0 saturated carbocycles. The van der Waals surface area contributed by atoms with E-state index in [1.54, 1.807) is 74.5 Å². The maximum atomic E-state index is 14.2. The second-order valence-corrected chi connectivity index (χ2v) is 10.4. The molecule has 0 aliphatic rings. The van der Waals surface area contributed by atoms with Crippen molar-refractivity contribution < 1.29 is 29.1 Å². The first-order chi connectivity index (χ1) is 20.4. The van der Waals surface area contributed by atoms with E-state index in [4.69, 9.17) is 17.2 Å². The van der Waals surface area contributed by atoms with Crippen molar-refractivity contribution in [2.45, 2.75) is 63.7 Å². The van der Waals surface area contributed by atoms with Crippen LogP contribution < -0.4 is 27.8 Å². The summed E-state index contributed by atoms with van der Waals surface area (Å²) in [6, 6.07) is 11.9. The normalized spacial score (nSPS) is 13.6. The number of guanidine groups is 1. The van der Waals surface area contributed by atoms with Gasteiger partial charge in [-0.1, -0.05) is 74.5 Å². The molecule has 0 aliphatic carbocycles. The number of nitrogens with two attached hydrogens (primary N) is 3. The van der Waals surface area contributed by atoms with Crippen LogP contribution in [0.25, 0.3) is 0 Å². The highest BCUT2D eigenvalue weighted by Gasteiger charge is 2.39. The fraction of sp³-hybridized carbons (Fsp3) is 0.400. The maximum absolute atomic E-state index is 14.2. The topological polar surface area (TPSA) is 223 Å². The van der Waals surface area contributed by atoms with Crippen molar-refractivity contribution in [1.29, 1.82) is 0 Å². The molecule has 0 heterocycles. The van der Waals surface area contributed by atoms with Gasteiger partial charge >= 0.3 is 12.0 Å². The lowest BCUT2D eigenvalue weighted by Crippen LogP contribution is -2.62. The average Bonchev–Trinajstić information content (AvgIpc) is 2.96. The molecule has 13 nitrogen and oxygen atoms in total. The Morgan fingerprint density at radius 3 is 1.88 bits per heavy atom. The van der Waals surface area contributed by atoms with Gasteiger partial charge in [0.25, 0.3) is 0 Å². The van der Waals surface area contributed by atoms with E-state index in [9.17, 15) is 29.1 Å². The molecular formula is C30H41N7O6. The number of hydrogen-bond acceptors (Lipinski definition) is 6. The number of amides is 4. The third-order valence-corrected chi connectivity index (χ3v) is 6.71. The predicted molar refractivity (Wildman–Crippen MR) is 162 cm³/mol. The first-order valence-corrected chi connectivity index (χ1v) is 13.9. The van der Waals surface area contributed by atoms with Crippen LogP contribution in [0.1, 0.15) is 37.8 Å². The molecule has 2 rings (SSSR count). The molecule has 2 aromatic rings. The number of nitrogens with one attached hydrogen (secondary N) is 2. The Morgan fingerprint density at radius 1 is 0.884 bits per heavy atom. The van der Waals surface area contributed by atoms with Crippen molar-refractivity contribution in [3.63, 3.8) is 0 Å². The van der Waals surface area contributed by atoms with Crippen LogP contribution in [0.15, 0.2) is 65.7 Å². The highest BCUT2D eigenvalue weighted by molar-refractivity contribution is 5.94. The van der Waals surface area contributed by atoms with Crippen molar-refractivity contribution >= 4 is 36.1 Å². The molecule has 0 spiro atoms. The molecule has 0 saturated heterocycles. The number of nitrogens with zero attached hydrogens (tertiary/aromatic N) is 2. The van der Waals surface area contributed by atoms with Crippen molar-refractivity contribution in [2.24, 2.45) is 28.1 Å². The van der Waals surface area contributed by atoms with Crippen molar-refractivity contribution in [3.8, 4) is 0 Å². The quantitative estimate of drug-likeness (QED) is 0.0654. The van der Waals surface area contributed by atoms with Gasteiger partial charge in [-0.05, 0) is 36.3 Å². The summed E-state index contributed by atoms with van der Waals surface area (Å²) in [5.41, 5.74) is 18.0. The summed E-state index contributed by atoms with van der Waals surface area (Å²) in [6.45, 7) is 3.51. The van der Waals surface area contributed by atoms with Crippen molar-refractivity contribution in [2.75, 3.05) is 6.54 Å². The van der Waals surface area contributed by atoms with E-state index in [1.165, 1.54) is 0 Å². The zero-order chi connectivity index (χ0) is 31.9. The van der Waals surface area contributed by atoms with E-state index in [2.05, 4.69) is 15.6 Å². The van der Waals surface area contributed by atoms with Crippen LogP contribution in [0.5, 0.6) is 0 Å². The van der Waals surface area contributed by atoms with E-state index in [0.29, 0.717) is 11.8 Å². The number of primary amides is 1. The lowest BCUT2D eigenvalue weighted by molar-refractivity contribution is -0.147. The summed E-state index contributed by atoms with van der Waals surface area (Å²) in [5.74, 6) is -3.45. The van der Waals surface area contributed by atoms with E-state index in [0.717, 1.165) is 10.5 Å². The Bertz CT molecular complexity index is 1250. The number of aliphatic carboxylic acids is 1. The molecule has 13 heteroatoms. The Labute approximate surface area is 250 Å². The highest BCUT2D eigenvalue weighted by atomic mass is 16.4. The third-order valence-electron chi connectivity index (χ3n) is 6.71. The van der Waals surface area contributed by atoms with Crippen molar-refractivity contribution in [1.82, 2.24) is 15.5 Å². The summed E-state index contributed by atoms with van der Waals surface area (Å²) in [5, 5.41) is 14.7. The molecule has 0 bridgehead atoms. The van der Waals surface area contributed by atoms with Gasteiger partial charge in [0.2, 0.25) is 11.8 Å². The van der Waals surface area contributed by atoms with E-state index in [-0.39, 0.29) is 38.2 Å². The monoisotopic (exact) mass is 595 g/mol. The fourth-order valence-electron chi connectivity index (χ4n) is 4.71. The van der Waals surface area contributed by atoms with E-state index >= 15 is 0 Å². The Hall–Kier alpha value is -4.94. The average molecular weight is 596 g/mol. The second kappa shape index (κ2) is 17.1. The van der Waals surface area contributed by atoms with E-state index in [1.807, 2.05) is 0 Å². The number of carbonyl (C=O) groups is 5. The minimum Gasteiger partial charge on any atom is -0.480 e. The second-order valence-electron chi connectivity index (χ2n) is 10.4. The lowest BCUT2D eigenvalue weighted by atomic mass is 9.95. The van der Waals surface area contributed by atoms with Crippen LogP contribution >= 0.6 is 0 Å². The SMILES string of the molecule is CC(C)[C@@H](C(N)=O)N(C(=O)[C@H](CCCN=C(N)N)NC(=O)NC(Cc1ccccc1)C(=O)O)[C@H](C=O)Cc1ccccc1. The maximum Gasteiger partial charge on any atom is 0.326 e. The number of aliphatic imine (C=N–C) groups is 1. The minimum atomic E-state index is -1.30. The molecule has 0 fully saturated rings. The molecule has 9 N–H and O–H groups in total. The predicted octanol–water partition coefficient (Wildman–Crippen LogP) is 0.552. The van der Waals surface area contributed by atoms with Crippen LogP contribution in [-0.4, -0.2) is 76.8 Å². The Kier molecular flexibility index (Phi) is 13.6. The minimum absolute atomic E-state index is 0.000212. The number of carboxylic acid groups (broad SMARTS) is 1. The first kappa shape index (κ1) is 34.3. The number of rotatable bonds is 17. The summed E-state index contributed by atoms with van der Waals surface area (Å²) < 4.78 is 0. The Morgan fingerprint density at radius 2 is 1.42 bits per heavy atom. The first-order valence-electron chi connectivity index (χ1n) is 13.9. The number of urea groups is 1. The van der Waals surface area contributed by atoms with Crippen LogP contribution in [0.4, 0.5) is 4.79 Å². The highest BCUT2D eigenvalue weighted by Crippen LogP contribution is 2.20. The largest absolute Gasteiger partial charge is 0.480 e. The van der Waals surface area contributed by atoms with Gasteiger partial charge in [0, 0.05) is 13.0 Å². The van der Waals surface area contributed by atoms with Gasteiger partial charge in [-0.15, -0.1) is 0 Å². The van der Waals surface area contributed by atoms with Gasteiger partial charge in [-0.25, -0.2) is 9.59 Å². The molecule has 0 aliphatic heterocycles. The molecular weight excluding hydrogens is 554 g/mol. The summed E-state index contributed by atoms with van der Waals surface area (Å²) >= 11 is 0. The third kappa shape index (κ3) is 11.1. The Balaban J connectivity index is 2.41. The molecule has 0 aromatic heterocycles. The zero-order valence-corrected chi connectivity index (χ0v) is 24.4.